The minimum Gasteiger partial charge on any atom is -0.493 e. The van der Waals surface area contributed by atoms with Gasteiger partial charge in [-0.2, -0.15) is 4.98 Å². The summed E-state index contributed by atoms with van der Waals surface area (Å²) in [5.74, 6) is 1.70. The SMILES string of the molecule is Fc1cc(OCCCN2CCNCC2)ccc1-c1noc(CC2CCCC2)n1. The third-order valence-corrected chi connectivity index (χ3v) is 5.68. The number of halogens is 1. The molecule has 6 nitrogen and oxygen atoms in total. The van der Waals surface area contributed by atoms with Crippen molar-refractivity contribution in [3.05, 3.63) is 29.9 Å². The minimum absolute atomic E-state index is 0.316. The van der Waals surface area contributed by atoms with Crippen LogP contribution in [0.25, 0.3) is 11.4 Å². The quantitative estimate of drug-likeness (QED) is 0.700. The zero-order valence-corrected chi connectivity index (χ0v) is 16.3. The molecule has 2 fully saturated rings. The summed E-state index contributed by atoms with van der Waals surface area (Å²) in [6, 6.07) is 4.86. The standard InChI is InChI=1S/C21H29FN4O2/c22-19-15-17(27-13-3-10-26-11-8-23-9-12-26)6-7-18(19)21-24-20(28-25-21)14-16-4-1-2-5-16/h6-7,15-16,23H,1-5,8-14H2. The van der Waals surface area contributed by atoms with Crippen molar-refractivity contribution >= 4 is 0 Å². The Labute approximate surface area is 165 Å². The van der Waals surface area contributed by atoms with Crippen LogP contribution in [0.4, 0.5) is 4.39 Å². The Hall–Kier alpha value is -1.99. The van der Waals surface area contributed by atoms with Crippen molar-refractivity contribution in [2.24, 2.45) is 5.92 Å². The van der Waals surface area contributed by atoms with Gasteiger partial charge in [-0.25, -0.2) is 4.39 Å². The second kappa shape index (κ2) is 9.47. The number of ether oxygens (including phenoxy) is 1. The first-order valence-electron chi connectivity index (χ1n) is 10.5. The van der Waals surface area contributed by atoms with Crippen LogP contribution in [0.1, 0.15) is 38.0 Å². The molecule has 152 valence electrons. The fourth-order valence-electron chi connectivity index (χ4n) is 4.09. The molecule has 2 aromatic rings. The van der Waals surface area contributed by atoms with Crippen LogP contribution < -0.4 is 10.1 Å². The number of hydrogen-bond acceptors (Lipinski definition) is 6. The van der Waals surface area contributed by atoms with Crippen molar-refractivity contribution in [3.8, 4) is 17.1 Å². The second-order valence-corrected chi connectivity index (χ2v) is 7.80. The van der Waals surface area contributed by atoms with E-state index >= 15 is 0 Å². The molecule has 1 saturated heterocycles. The molecule has 0 radical (unpaired) electrons. The first-order chi connectivity index (χ1) is 13.8. The van der Waals surface area contributed by atoms with Gasteiger partial charge in [0.05, 0.1) is 12.2 Å². The molecule has 1 aromatic heterocycles. The highest BCUT2D eigenvalue weighted by atomic mass is 19.1. The van der Waals surface area contributed by atoms with E-state index in [0.29, 0.717) is 35.6 Å². The topological polar surface area (TPSA) is 63.4 Å². The highest BCUT2D eigenvalue weighted by Crippen LogP contribution is 2.29. The molecular formula is C21H29FN4O2. The molecular weight excluding hydrogens is 359 g/mol. The molecule has 28 heavy (non-hydrogen) atoms. The largest absolute Gasteiger partial charge is 0.493 e. The Morgan fingerprint density at radius 3 is 2.82 bits per heavy atom. The predicted molar refractivity (Wildman–Crippen MR) is 105 cm³/mol. The Bertz CT molecular complexity index is 755. The average Bonchev–Trinajstić information content (AvgIpc) is 3.39. The van der Waals surface area contributed by atoms with Crippen molar-refractivity contribution in [2.75, 3.05) is 39.3 Å². The summed E-state index contributed by atoms with van der Waals surface area (Å²) in [4.78, 5) is 6.81. The molecule has 1 aliphatic carbocycles. The smallest absolute Gasteiger partial charge is 0.227 e. The van der Waals surface area contributed by atoms with Gasteiger partial charge in [0.15, 0.2) is 0 Å². The third kappa shape index (κ3) is 5.08. The lowest BCUT2D eigenvalue weighted by Gasteiger charge is -2.26. The first-order valence-corrected chi connectivity index (χ1v) is 10.5. The number of nitrogens with one attached hydrogen (secondary N) is 1. The van der Waals surface area contributed by atoms with Crippen LogP contribution in [0.2, 0.25) is 0 Å². The number of aromatic nitrogens is 2. The van der Waals surface area contributed by atoms with E-state index in [1.807, 2.05) is 0 Å². The van der Waals surface area contributed by atoms with Gasteiger partial charge in [0.2, 0.25) is 11.7 Å². The average molecular weight is 388 g/mol. The highest BCUT2D eigenvalue weighted by Gasteiger charge is 2.20. The number of rotatable bonds is 8. The number of piperazine rings is 1. The summed E-state index contributed by atoms with van der Waals surface area (Å²) < 4.78 is 25.6. The zero-order valence-electron chi connectivity index (χ0n) is 16.3. The lowest BCUT2D eigenvalue weighted by Crippen LogP contribution is -2.43. The van der Waals surface area contributed by atoms with Gasteiger partial charge in [-0.15, -0.1) is 0 Å². The van der Waals surface area contributed by atoms with Crippen LogP contribution in [0.5, 0.6) is 5.75 Å². The fourth-order valence-corrected chi connectivity index (χ4v) is 4.09. The molecule has 2 aliphatic rings. The van der Waals surface area contributed by atoms with E-state index in [1.54, 1.807) is 12.1 Å². The molecule has 0 atom stereocenters. The van der Waals surface area contributed by atoms with E-state index in [9.17, 15) is 4.39 Å². The lowest BCUT2D eigenvalue weighted by atomic mass is 10.0. The fraction of sp³-hybridized carbons (Fsp3) is 0.619. The normalized spacial score (nSPS) is 18.6. The molecule has 1 saturated carbocycles. The summed E-state index contributed by atoms with van der Waals surface area (Å²) in [5, 5.41) is 7.31. The molecule has 4 rings (SSSR count). The van der Waals surface area contributed by atoms with E-state index in [-0.39, 0.29) is 5.82 Å². The lowest BCUT2D eigenvalue weighted by molar-refractivity contribution is 0.213. The van der Waals surface area contributed by atoms with Crippen molar-refractivity contribution in [1.29, 1.82) is 0 Å². The molecule has 0 amide bonds. The monoisotopic (exact) mass is 388 g/mol. The van der Waals surface area contributed by atoms with Crippen molar-refractivity contribution in [1.82, 2.24) is 20.4 Å². The van der Waals surface area contributed by atoms with Crippen LogP contribution in [0.15, 0.2) is 22.7 Å². The van der Waals surface area contributed by atoms with Gasteiger partial charge in [0, 0.05) is 45.2 Å². The summed E-state index contributed by atoms with van der Waals surface area (Å²) in [6.07, 6.45) is 6.70. The Morgan fingerprint density at radius 1 is 1.21 bits per heavy atom. The molecule has 1 aliphatic heterocycles. The maximum absolute atomic E-state index is 14.5. The van der Waals surface area contributed by atoms with Gasteiger partial charge in [0.25, 0.3) is 0 Å². The predicted octanol–water partition coefficient (Wildman–Crippen LogP) is 3.28. The van der Waals surface area contributed by atoms with Crippen molar-refractivity contribution in [2.45, 2.75) is 38.5 Å². The molecule has 7 heteroatoms. The van der Waals surface area contributed by atoms with E-state index in [0.717, 1.165) is 45.6 Å². The molecule has 1 aromatic carbocycles. The van der Waals surface area contributed by atoms with Crippen LogP contribution in [-0.4, -0.2) is 54.4 Å². The Morgan fingerprint density at radius 2 is 2.04 bits per heavy atom. The molecule has 0 bridgehead atoms. The van der Waals surface area contributed by atoms with Crippen LogP contribution in [-0.2, 0) is 6.42 Å². The van der Waals surface area contributed by atoms with Crippen molar-refractivity contribution in [3.63, 3.8) is 0 Å². The summed E-state index contributed by atoms with van der Waals surface area (Å²) >= 11 is 0. The van der Waals surface area contributed by atoms with E-state index in [2.05, 4.69) is 20.4 Å². The highest BCUT2D eigenvalue weighted by molar-refractivity contribution is 5.56. The van der Waals surface area contributed by atoms with E-state index in [4.69, 9.17) is 9.26 Å². The van der Waals surface area contributed by atoms with Gasteiger partial charge in [-0.3, -0.25) is 0 Å². The summed E-state index contributed by atoms with van der Waals surface area (Å²) in [7, 11) is 0. The molecule has 2 heterocycles. The van der Waals surface area contributed by atoms with Gasteiger partial charge < -0.3 is 19.5 Å². The van der Waals surface area contributed by atoms with Gasteiger partial charge >= 0.3 is 0 Å². The van der Waals surface area contributed by atoms with Gasteiger partial charge in [-0.1, -0.05) is 18.0 Å². The minimum atomic E-state index is -0.382. The second-order valence-electron chi connectivity index (χ2n) is 7.80. The molecule has 0 unspecified atom stereocenters. The van der Waals surface area contributed by atoms with Crippen molar-refractivity contribution < 1.29 is 13.7 Å². The summed E-state index contributed by atoms with van der Waals surface area (Å²) in [5.41, 5.74) is 0.356. The van der Waals surface area contributed by atoms with E-state index in [1.165, 1.54) is 31.7 Å². The maximum Gasteiger partial charge on any atom is 0.227 e. The first kappa shape index (κ1) is 19.3. The van der Waals surface area contributed by atoms with Gasteiger partial charge in [0.1, 0.15) is 11.6 Å². The number of hydrogen-bond donors (Lipinski definition) is 1. The van der Waals surface area contributed by atoms with E-state index < -0.39 is 0 Å². The molecule has 0 spiro atoms. The Kier molecular flexibility index (Phi) is 6.54. The molecule has 1 N–H and O–H groups in total. The zero-order chi connectivity index (χ0) is 19.2. The van der Waals surface area contributed by atoms with Crippen LogP contribution in [0, 0.1) is 11.7 Å². The Balaban J connectivity index is 1.28. The maximum atomic E-state index is 14.5. The van der Waals surface area contributed by atoms with Crippen LogP contribution >= 0.6 is 0 Å². The van der Waals surface area contributed by atoms with Gasteiger partial charge in [-0.05, 0) is 37.3 Å². The number of benzene rings is 1. The summed E-state index contributed by atoms with van der Waals surface area (Å²) in [6.45, 7) is 5.84. The van der Waals surface area contributed by atoms with Crippen LogP contribution in [0.3, 0.4) is 0 Å². The third-order valence-electron chi connectivity index (χ3n) is 5.68. The number of nitrogens with zero attached hydrogens (tertiary/aromatic N) is 3.